The first kappa shape index (κ1) is 10.9. The van der Waals surface area contributed by atoms with Gasteiger partial charge in [-0.2, -0.15) is 0 Å². The Labute approximate surface area is 87.7 Å². The van der Waals surface area contributed by atoms with Gasteiger partial charge < -0.3 is 0 Å². The lowest BCUT2D eigenvalue weighted by molar-refractivity contribution is 0.279. The van der Waals surface area contributed by atoms with Crippen molar-refractivity contribution < 1.29 is 0 Å². The van der Waals surface area contributed by atoms with E-state index in [2.05, 4.69) is 28.9 Å². The van der Waals surface area contributed by atoms with Crippen LogP contribution in [0.3, 0.4) is 0 Å². The van der Waals surface area contributed by atoms with Gasteiger partial charge in [0.2, 0.25) is 4.47 Å². The molecule has 0 N–H and O–H groups in total. The number of hydrogen-bond acceptors (Lipinski definition) is 4. The maximum Gasteiger partial charge on any atom is 0.207 e. The molecule has 5 heteroatoms. The van der Waals surface area contributed by atoms with Crippen LogP contribution in [-0.2, 0) is 6.54 Å². The standard InChI is InChI=1S/C8H14ClN3S/c1-3-5-12(4-2)6-7-10-11-8(9)13-7/h3-6H2,1-2H3. The molecule has 1 aromatic rings. The SMILES string of the molecule is CCCN(CC)Cc1nnc(Cl)s1. The molecule has 0 bridgehead atoms. The second kappa shape index (κ2) is 5.52. The Kier molecular flexibility index (Phi) is 4.62. The summed E-state index contributed by atoms with van der Waals surface area (Å²) in [6.45, 7) is 7.35. The molecule has 0 aliphatic carbocycles. The smallest absolute Gasteiger partial charge is 0.207 e. The Hall–Kier alpha value is -0.190. The van der Waals surface area contributed by atoms with Crippen LogP contribution in [0.25, 0.3) is 0 Å². The lowest BCUT2D eigenvalue weighted by atomic mass is 10.4. The van der Waals surface area contributed by atoms with Crippen molar-refractivity contribution in [3.63, 3.8) is 0 Å². The van der Waals surface area contributed by atoms with E-state index in [1.54, 1.807) is 0 Å². The van der Waals surface area contributed by atoms with Crippen molar-refractivity contribution in [3.8, 4) is 0 Å². The minimum Gasteiger partial charge on any atom is -0.297 e. The fourth-order valence-corrected chi connectivity index (χ4v) is 2.06. The summed E-state index contributed by atoms with van der Waals surface area (Å²) in [5.41, 5.74) is 0. The predicted molar refractivity (Wildman–Crippen MR) is 56.2 cm³/mol. The molecule has 0 atom stereocenters. The van der Waals surface area contributed by atoms with Gasteiger partial charge in [-0.05, 0) is 31.1 Å². The van der Waals surface area contributed by atoms with Crippen LogP contribution in [0.5, 0.6) is 0 Å². The number of aromatic nitrogens is 2. The van der Waals surface area contributed by atoms with E-state index >= 15 is 0 Å². The molecule has 0 unspecified atom stereocenters. The fourth-order valence-electron chi connectivity index (χ4n) is 1.15. The molecule has 1 rings (SSSR count). The van der Waals surface area contributed by atoms with Gasteiger partial charge >= 0.3 is 0 Å². The topological polar surface area (TPSA) is 29.0 Å². The Balaban J connectivity index is 2.46. The quantitative estimate of drug-likeness (QED) is 0.762. The van der Waals surface area contributed by atoms with Crippen molar-refractivity contribution in [2.75, 3.05) is 13.1 Å². The van der Waals surface area contributed by atoms with Crippen LogP contribution in [-0.4, -0.2) is 28.2 Å². The van der Waals surface area contributed by atoms with Gasteiger partial charge in [0.05, 0.1) is 6.54 Å². The highest BCUT2D eigenvalue weighted by Gasteiger charge is 2.06. The first-order chi connectivity index (χ1) is 6.26. The Morgan fingerprint density at radius 2 is 2.15 bits per heavy atom. The molecule has 13 heavy (non-hydrogen) atoms. The molecule has 74 valence electrons. The summed E-state index contributed by atoms with van der Waals surface area (Å²) < 4.78 is 0.530. The number of nitrogens with zero attached hydrogens (tertiary/aromatic N) is 3. The molecular formula is C8H14ClN3S. The zero-order chi connectivity index (χ0) is 9.68. The van der Waals surface area contributed by atoms with E-state index < -0.39 is 0 Å². The van der Waals surface area contributed by atoms with Gasteiger partial charge in [-0.1, -0.05) is 25.2 Å². The van der Waals surface area contributed by atoms with Crippen molar-refractivity contribution >= 4 is 22.9 Å². The second-order valence-electron chi connectivity index (χ2n) is 2.82. The van der Waals surface area contributed by atoms with Crippen LogP contribution >= 0.6 is 22.9 Å². The molecule has 1 aromatic heterocycles. The monoisotopic (exact) mass is 219 g/mol. The van der Waals surface area contributed by atoms with Crippen LogP contribution in [0.15, 0.2) is 0 Å². The van der Waals surface area contributed by atoms with Gasteiger partial charge in [-0.25, -0.2) is 0 Å². The van der Waals surface area contributed by atoms with Crippen LogP contribution in [0.4, 0.5) is 0 Å². The largest absolute Gasteiger partial charge is 0.297 e. The molecule has 0 aliphatic heterocycles. The Morgan fingerprint density at radius 1 is 1.38 bits per heavy atom. The summed E-state index contributed by atoms with van der Waals surface area (Å²) in [5, 5.41) is 8.75. The van der Waals surface area contributed by atoms with E-state index in [1.165, 1.54) is 17.8 Å². The molecule has 0 fully saturated rings. The number of halogens is 1. The highest BCUT2D eigenvalue weighted by molar-refractivity contribution is 7.15. The maximum absolute atomic E-state index is 5.69. The summed E-state index contributed by atoms with van der Waals surface area (Å²) >= 11 is 7.15. The van der Waals surface area contributed by atoms with Gasteiger partial charge in [0.15, 0.2) is 0 Å². The number of rotatable bonds is 5. The lowest BCUT2D eigenvalue weighted by Crippen LogP contribution is -2.23. The van der Waals surface area contributed by atoms with E-state index in [9.17, 15) is 0 Å². The third-order valence-corrected chi connectivity index (χ3v) is 2.79. The number of hydrogen-bond donors (Lipinski definition) is 0. The normalized spacial score (nSPS) is 11.1. The van der Waals surface area contributed by atoms with Gasteiger partial charge in [-0.3, -0.25) is 4.90 Å². The van der Waals surface area contributed by atoms with Gasteiger partial charge in [0.25, 0.3) is 0 Å². The van der Waals surface area contributed by atoms with Crippen molar-refractivity contribution in [2.45, 2.75) is 26.8 Å². The van der Waals surface area contributed by atoms with Crippen molar-refractivity contribution in [1.29, 1.82) is 0 Å². The summed E-state index contributed by atoms with van der Waals surface area (Å²) in [7, 11) is 0. The summed E-state index contributed by atoms with van der Waals surface area (Å²) in [6, 6.07) is 0. The van der Waals surface area contributed by atoms with Gasteiger partial charge in [0, 0.05) is 0 Å². The van der Waals surface area contributed by atoms with E-state index in [0.29, 0.717) is 4.47 Å². The van der Waals surface area contributed by atoms with E-state index in [4.69, 9.17) is 11.6 Å². The highest BCUT2D eigenvalue weighted by atomic mass is 35.5. The van der Waals surface area contributed by atoms with Crippen molar-refractivity contribution in [2.24, 2.45) is 0 Å². The fraction of sp³-hybridized carbons (Fsp3) is 0.750. The molecule has 1 heterocycles. The highest BCUT2D eigenvalue weighted by Crippen LogP contribution is 2.16. The third-order valence-electron chi connectivity index (χ3n) is 1.79. The molecule has 0 saturated heterocycles. The molecule has 0 aromatic carbocycles. The summed E-state index contributed by atoms with van der Waals surface area (Å²) in [5.74, 6) is 0. The van der Waals surface area contributed by atoms with Gasteiger partial charge in [0.1, 0.15) is 5.01 Å². The van der Waals surface area contributed by atoms with Crippen molar-refractivity contribution in [3.05, 3.63) is 9.47 Å². The minimum atomic E-state index is 0.530. The van der Waals surface area contributed by atoms with Crippen LogP contribution in [0.2, 0.25) is 4.47 Å². The zero-order valence-electron chi connectivity index (χ0n) is 7.96. The molecule has 0 radical (unpaired) electrons. The van der Waals surface area contributed by atoms with E-state index in [1.807, 2.05) is 0 Å². The molecule has 0 spiro atoms. The van der Waals surface area contributed by atoms with Gasteiger partial charge in [-0.15, -0.1) is 10.2 Å². The molecule has 0 aliphatic rings. The summed E-state index contributed by atoms with van der Waals surface area (Å²) in [4.78, 5) is 2.33. The average molecular weight is 220 g/mol. The van der Waals surface area contributed by atoms with Crippen LogP contribution in [0.1, 0.15) is 25.3 Å². The average Bonchev–Trinajstić information content (AvgIpc) is 2.50. The molecule has 0 saturated carbocycles. The first-order valence-electron chi connectivity index (χ1n) is 4.46. The molecular weight excluding hydrogens is 206 g/mol. The van der Waals surface area contributed by atoms with Crippen molar-refractivity contribution in [1.82, 2.24) is 15.1 Å². The van der Waals surface area contributed by atoms with E-state index in [0.717, 1.165) is 24.6 Å². The first-order valence-corrected chi connectivity index (χ1v) is 5.66. The maximum atomic E-state index is 5.69. The Morgan fingerprint density at radius 3 is 2.62 bits per heavy atom. The van der Waals surface area contributed by atoms with E-state index in [-0.39, 0.29) is 0 Å². The Bertz CT molecular complexity index is 251. The second-order valence-corrected chi connectivity index (χ2v) is 4.46. The molecule has 3 nitrogen and oxygen atoms in total. The van der Waals surface area contributed by atoms with Crippen LogP contribution in [0, 0.1) is 0 Å². The third kappa shape index (κ3) is 3.58. The summed E-state index contributed by atoms with van der Waals surface area (Å²) in [6.07, 6.45) is 1.17. The molecule has 0 amide bonds. The lowest BCUT2D eigenvalue weighted by Gasteiger charge is -2.16. The van der Waals surface area contributed by atoms with Crippen LogP contribution < -0.4 is 0 Å². The predicted octanol–water partition coefficient (Wildman–Crippen LogP) is 2.42. The zero-order valence-corrected chi connectivity index (χ0v) is 9.53. The minimum absolute atomic E-state index is 0.530.